The fraction of sp³-hybridized carbons (Fsp3) is 0.273. The molecule has 0 aromatic carbocycles. The molecule has 0 aliphatic heterocycles. The van der Waals surface area contributed by atoms with Crippen LogP contribution in [0.1, 0.15) is 22.2 Å². The lowest BCUT2D eigenvalue weighted by molar-refractivity contribution is 0.395. The van der Waals surface area contributed by atoms with Gasteiger partial charge in [-0.1, -0.05) is 0 Å². The SMILES string of the molecule is COc1cc(C(NN)c2sccc2C)ncn1. The topological polar surface area (TPSA) is 73.1 Å². The average molecular weight is 250 g/mol. The third-order valence-electron chi connectivity index (χ3n) is 2.50. The maximum atomic E-state index is 5.61. The van der Waals surface area contributed by atoms with Crippen LogP contribution < -0.4 is 16.0 Å². The maximum Gasteiger partial charge on any atom is 0.216 e. The van der Waals surface area contributed by atoms with E-state index in [9.17, 15) is 0 Å². The lowest BCUT2D eigenvalue weighted by Gasteiger charge is -2.15. The summed E-state index contributed by atoms with van der Waals surface area (Å²) in [5, 5.41) is 2.04. The first-order valence-electron chi connectivity index (χ1n) is 5.12. The third kappa shape index (κ3) is 2.44. The molecular weight excluding hydrogens is 236 g/mol. The smallest absolute Gasteiger partial charge is 0.216 e. The molecule has 90 valence electrons. The van der Waals surface area contributed by atoms with Gasteiger partial charge in [0.2, 0.25) is 5.88 Å². The van der Waals surface area contributed by atoms with Gasteiger partial charge in [0.1, 0.15) is 6.33 Å². The van der Waals surface area contributed by atoms with E-state index in [1.807, 2.05) is 5.38 Å². The number of hydrogen-bond donors (Lipinski definition) is 2. The lowest BCUT2D eigenvalue weighted by atomic mass is 10.1. The van der Waals surface area contributed by atoms with E-state index in [4.69, 9.17) is 10.6 Å². The van der Waals surface area contributed by atoms with Crippen LogP contribution in [-0.2, 0) is 0 Å². The van der Waals surface area contributed by atoms with Crippen molar-refractivity contribution in [1.29, 1.82) is 0 Å². The minimum absolute atomic E-state index is 0.133. The van der Waals surface area contributed by atoms with E-state index in [-0.39, 0.29) is 6.04 Å². The molecule has 0 bridgehead atoms. The maximum absolute atomic E-state index is 5.61. The molecule has 0 saturated carbocycles. The Bertz CT molecular complexity index is 500. The molecule has 2 aromatic rings. The molecular formula is C11H14N4OS. The molecule has 1 unspecified atom stereocenters. The van der Waals surface area contributed by atoms with Gasteiger partial charge in [-0.05, 0) is 23.9 Å². The molecule has 0 aliphatic rings. The van der Waals surface area contributed by atoms with E-state index in [1.165, 1.54) is 11.9 Å². The standard InChI is InChI=1S/C11H14N4OS/c1-7-3-4-17-11(7)10(15-12)8-5-9(16-2)14-6-13-8/h3-6,10,15H,12H2,1-2H3. The van der Waals surface area contributed by atoms with Gasteiger partial charge in [0.25, 0.3) is 0 Å². The number of hydrazine groups is 1. The number of aromatic nitrogens is 2. The van der Waals surface area contributed by atoms with Crippen LogP contribution in [0.2, 0.25) is 0 Å². The molecule has 1 atom stereocenters. The first-order valence-corrected chi connectivity index (χ1v) is 6.00. The second kappa shape index (κ2) is 5.22. The minimum atomic E-state index is -0.133. The minimum Gasteiger partial charge on any atom is -0.481 e. The Morgan fingerprint density at radius 2 is 2.29 bits per heavy atom. The largest absolute Gasteiger partial charge is 0.481 e. The number of hydrogen-bond acceptors (Lipinski definition) is 6. The van der Waals surface area contributed by atoms with Crippen LogP contribution in [0.4, 0.5) is 0 Å². The average Bonchev–Trinajstić information content (AvgIpc) is 2.77. The van der Waals surface area contributed by atoms with Crippen LogP contribution in [0.5, 0.6) is 5.88 Å². The van der Waals surface area contributed by atoms with Gasteiger partial charge in [-0.25, -0.2) is 15.4 Å². The molecule has 0 spiro atoms. The molecule has 0 saturated heterocycles. The van der Waals surface area contributed by atoms with Crippen molar-refractivity contribution in [2.24, 2.45) is 5.84 Å². The second-order valence-corrected chi connectivity index (χ2v) is 4.50. The quantitative estimate of drug-likeness (QED) is 0.634. The van der Waals surface area contributed by atoms with Gasteiger partial charge in [0.15, 0.2) is 0 Å². The summed E-state index contributed by atoms with van der Waals surface area (Å²) in [5.41, 5.74) is 4.76. The molecule has 3 N–H and O–H groups in total. The summed E-state index contributed by atoms with van der Waals surface area (Å²) >= 11 is 1.65. The molecule has 6 heteroatoms. The zero-order chi connectivity index (χ0) is 12.3. The van der Waals surface area contributed by atoms with E-state index in [1.54, 1.807) is 24.5 Å². The highest BCUT2D eigenvalue weighted by Gasteiger charge is 2.18. The van der Waals surface area contributed by atoms with E-state index < -0.39 is 0 Å². The molecule has 0 aliphatic carbocycles. The Morgan fingerprint density at radius 3 is 2.88 bits per heavy atom. The van der Waals surface area contributed by atoms with Gasteiger partial charge < -0.3 is 4.74 Å². The van der Waals surface area contributed by atoms with Gasteiger partial charge >= 0.3 is 0 Å². The summed E-state index contributed by atoms with van der Waals surface area (Å²) in [6.07, 6.45) is 1.47. The van der Waals surface area contributed by atoms with E-state index in [0.717, 1.165) is 10.6 Å². The van der Waals surface area contributed by atoms with Crippen LogP contribution in [-0.4, -0.2) is 17.1 Å². The van der Waals surface area contributed by atoms with Gasteiger partial charge in [-0.2, -0.15) is 0 Å². The number of rotatable bonds is 4. The third-order valence-corrected chi connectivity index (χ3v) is 3.58. The molecule has 0 radical (unpaired) electrons. The van der Waals surface area contributed by atoms with Crippen LogP contribution in [0.15, 0.2) is 23.8 Å². The fourth-order valence-electron chi connectivity index (χ4n) is 1.60. The van der Waals surface area contributed by atoms with E-state index in [2.05, 4.69) is 28.4 Å². The van der Waals surface area contributed by atoms with Crippen LogP contribution in [0.3, 0.4) is 0 Å². The second-order valence-electron chi connectivity index (χ2n) is 3.55. The highest BCUT2D eigenvalue weighted by atomic mass is 32.1. The van der Waals surface area contributed by atoms with Crippen molar-refractivity contribution >= 4 is 11.3 Å². The lowest BCUT2D eigenvalue weighted by Crippen LogP contribution is -2.29. The summed E-state index contributed by atoms with van der Waals surface area (Å²) < 4.78 is 5.08. The molecule has 17 heavy (non-hydrogen) atoms. The highest BCUT2D eigenvalue weighted by molar-refractivity contribution is 7.10. The Kier molecular flexibility index (Phi) is 3.68. The number of methoxy groups -OCH3 is 1. The molecule has 2 rings (SSSR count). The van der Waals surface area contributed by atoms with Crippen molar-refractivity contribution in [1.82, 2.24) is 15.4 Å². The summed E-state index contributed by atoms with van der Waals surface area (Å²) in [5.74, 6) is 6.14. The summed E-state index contributed by atoms with van der Waals surface area (Å²) in [4.78, 5) is 9.35. The van der Waals surface area contributed by atoms with Crippen LogP contribution in [0, 0.1) is 6.92 Å². The van der Waals surface area contributed by atoms with Gasteiger partial charge in [0, 0.05) is 10.9 Å². The number of nitrogens with two attached hydrogens (primary N) is 1. The monoisotopic (exact) mass is 250 g/mol. The number of ether oxygens (including phenoxy) is 1. The first kappa shape index (κ1) is 12.0. The predicted molar refractivity (Wildman–Crippen MR) is 66.8 cm³/mol. The summed E-state index contributed by atoms with van der Waals surface area (Å²) in [7, 11) is 1.58. The van der Waals surface area contributed by atoms with Crippen molar-refractivity contribution in [3.8, 4) is 5.88 Å². The number of nitrogens with zero attached hydrogens (tertiary/aromatic N) is 2. The van der Waals surface area contributed by atoms with Gasteiger partial charge in [0.05, 0.1) is 18.8 Å². The van der Waals surface area contributed by atoms with Crippen molar-refractivity contribution in [2.75, 3.05) is 7.11 Å². The van der Waals surface area contributed by atoms with Gasteiger partial charge in [-0.3, -0.25) is 5.84 Å². The van der Waals surface area contributed by atoms with Gasteiger partial charge in [-0.15, -0.1) is 11.3 Å². The highest BCUT2D eigenvalue weighted by Crippen LogP contribution is 2.28. The zero-order valence-corrected chi connectivity index (χ0v) is 10.5. The Hall–Kier alpha value is -1.50. The molecule has 2 heterocycles. The Morgan fingerprint density at radius 1 is 1.47 bits per heavy atom. The molecule has 0 fully saturated rings. The summed E-state index contributed by atoms with van der Waals surface area (Å²) in [6.45, 7) is 2.05. The van der Waals surface area contributed by atoms with Crippen LogP contribution >= 0.6 is 11.3 Å². The Labute approximate surface area is 104 Å². The van der Waals surface area contributed by atoms with Crippen molar-refractivity contribution in [3.63, 3.8) is 0 Å². The normalized spacial score (nSPS) is 12.4. The van der Waals surface area contributed by atoms with Crippen molar-refractivity contribution in [3.05, 3.63) is 40.0 Å². The van der Waals surface area contributed by atoms with E-state index >= 15 is 0 Å². The van der Waals surface area contributed by atoms with Crippen LogP contribution in [0.25, 0.3) is 0 Å². The number of thiophene rings is 1. The predicted octanol–water partition coefficient (Wildman–Crippen LogP) is 1.41. The number of aryl methyl sites for hydroxylation is 1. The van der Waals surface area contributed by atoms with E-state index in [0.29, 0.717) is 5.88 Å². The van der Waals surface area contributed by atoms with Crippen molar-refractivity contribution < 1.29 is 4.74 Å². The Balaban J connectivity index is 2.38. The molecule has 0 amide bonds. The first-order chi connectivity index (χ1) is 8.26. The number of nitrogens with one attached hydrogen (secondary N) is 1. The molecule has 5 nitrogen and oxygen atoms in total. The molecule has 2 aromatic heterocycles. The van der Waals surface area contributed by atoms with Crippen molar-refractivity contribution in [2.45, 2.75) is 13.0 Å². The summed E-state index contributed by atoms with van der Waals surface area (Å²) in [6, 6.07) is 3.71. The fourth-order valence-corrected chi connectivity index (χ4v) is 2.60. The zero-order valence-electron chi connectivity index (χ0n) is 9.68.